The minimum absolute atomic E-state index is 0.00753. The van der Waals surface area contributed by atoms with Gasteiger partial charge in [-0.3, -0.25) is 4.79 Å². The lowest BCUT2D eigenvalue weighted by Crippen LogP contribution is -2.29. The summed E-state index contributed by atoms with van der Waals surface area (Å²) in [5.41, 5.74) is 5.88. The molecule has 1 saturated carbocycles. The summed E-state index contributed by atoms with van der Waals surface area (Å²) in [6.45, 7) is 4.57. The minimum atomic E-state index is -3.59. The van der Waals surface area contributed by atoms with Crippen LogP contribution in [0.5, 0.6) is 0 Å². The topological polar surface area (TPSA) is 101 Å². The zero-order chi connectivity index (χ0) is 16.4. The fraction of sp³-hybridized carbons (Fsp3) is 0.533. The van der Waals surface area contributed by atoms with Crippen LogP contribution in [-0.4, -0.2) is 27.4 Å². The lowest BCUT2D eigenvalue weighted by Gasteiger charge is -2.10. The zero-order valence-electron chi connectivity index (χ0n) is 12.9. The van der Waals surface area contributed by atoms with Crippen LogP contribution in [0.1, 0.15) is 26.7 Å². The van der Waals surface area contributed by atoms with Gasteiger partial charge in [-0.15, -0.1) is 0 Å². The molecule has 1 aromatic carbocycles. The van der Waals surface area contributed by atoms with Crippen molar-refractivity contribution in [3.63, 3.8) is 0 Å². The summed E-state index contributed by atoms with van der Waals surface area (Å²) >= 11 is 0. The van der Waals surface area contributed by atoms with Crippen LogP contribution in [0.4, 0.5) is 5.69 Å². The molecule has 0 aliphatic heterocycles. The Bertz CT molecular complexity index is 660. The van der Waals surface area contributed by atoms with E-state index in [4.69, 9.17) is 5.73 Å². The molecule has 1 amide bonds. The molecule has 2 unspecified atom stereocenters. The average molecular weight is 325 g/mol. The van der Waals surface area contributed by atoms with E-state index in [9.17, 15) is 13.2 Å². The van der Waals surface area contributed by atoms with Crippen LogP contribution in [0.3, 0.4) is 0 Å². The predicted molar refractivity (Wildman–Crippen MR) is 85.8 cm³/mol. The van der Waals surface area contributed by atoms with E-state index in [0.29, 0.717) is 5.69 Å². The van der Waals surface area contributed by atoms with Gasteiger partial charge in [0.1, 0.15) is 0 Å². The second kappa shape index (κ2) is 6.36. The first-order valence-electron chi connectivity index (χ1n) is 7.43. The van der Waals surface area contributed by atoms with Gasteiger partial charge in [0.2, 0.25) is 15.9 Å². The van der Waals surface area contributed by atoms with E-state index in [1.54, 1.807) is 12.1 Å². The number of benzene rings is 1. The molecule has 1 aliphatic carbocycles. The summed E-state index contributed by atoms with van der Waals surface area (Å²) in [5, 5.41) is 2.81. The molecule has 0 spiro atoms. The molecule has 0 bridgehead atoms. The zero-order valence-corrected chi connectivity index (χ0v) is 13.7. The number of nitrogens with one attached hydrogen (secondary N) is 2. The molecule has 0 heterocycles. The number of sulfonamides is 1. The van der Waals surface area contributed by atoms with Gasteiger partial charge in [0.05, 0.1) is 4.90 Å². The molecule has 0 aromatic heterocycles. The Kier molecular flexibility index (Phi) is 4.89. The Hall–Kier alpha value is -1.44. The van der Waals surface area contributed by atoms with E-state index in [0.717, 1.165) is 12.8 Å². The molecule has 4 N–H and O–H groups in total. The van der Waals surface area contributed by atoms with Crippen LogP contribution in [-0.2, 0) is 14.8 Å². The maximum atomic E-state index is 12.2. The van der Waals surface area contributed by atoms with E-state index < -0.39 is 10.0 Å². The molecule has 0 saturated heterocycles. The van der Waals surface area contributed by atoms with Crippen molar-refractivity contribution in [1.82, 2.24) is 4.72 Å². The van der Waals surface area contributed by atoms with Crippen molar-refractivity contribution in [2.45, 2.75) is 31.6 Å². The molecular weight excluding hydrogens is 302 g/mol. The summed E-state index contributed by atoms with van der Waals surface area (Å²) in [4.78, 5) is 12.3. The summed E-state index contributed by atoms with van der Waals surface area (Å²) in [6, 6.07) is 6.24. The first-order chi connectivity index (χ1) is 10.3. The molecule has 2 atom stereocenters. The number of anilines is 1. The van der Waals surface area contributed by atoms with Crippen molar-refractivity contribution >= 4 is 21.6 Å². The fourth-order valence-corrected chi connectivity index (χ4v) is 3.55. The van der Waals surface area contributed by atoms with Gasteiger partial charge in [-0.2, -0.15) is 0 Å². The van der Waals surface area contributed by atoms with E-state index in [1.165, 1.54) is 12.1 Å². The van der Waals surface area contributed by atoms with E-state index >= 15 is 0 Å². The first kappa shape index (κ1) is 16.9. The Labute approximate surface area is 131 Å². The summed E-state index contributed by atoms with van der Waals surface area (Å²) in [7, 11) is -3.59. The first-order valence-corrected chi connectivity index (χ1v) is 8.91. The SMILES string of the molecule is CCC1(C)CC1C(=O)Nc1cccc(S(=O)(=O)NCCN)c1. The van der Waals surface area contributed by atoms with Crippen LogP contribution in [0.2, 0.25) is 0 Å². The lowest BCUT2D eigenvalue weighted by atomic mass is 10.0. The van der Waals surface area contributed by atoms with Crippen LogP contribution in [0, 0.1) is 11.3 Å². The van der Waals surface area contributed by atoms with E-state index in [-0.39, 0.29) is 35.2 Å². The minimum Gasteiger partial charge on any atom is -0.329 e. The Morgan fingerprint density at radius 1 is 1.45 bits per heavy atom. The van der Waals surface area contributed by atoms with Crippen molar-refractivity contribution < 1.29 is 13.2 Å². The number of carbonyl (C=O) groups is 1. The maximum Gasteiger partial charge on any atom is 0.240 e. The molecule has 22 heavy (non-hydrogen) atoms. The highest BCUT2D eigenvalue weighted by Gasteiger charge is 2.52. The highest BCUT2D eigenvalue weighted by Crippen LogP contribution is 2.55. The number of hydrogen-bond acceptors (Lipinski definition) is 4. The van der Waals surface area contributed by atoms with Gasteiger partial charge >= 0.3 is 0 Å². The van der Waals surface area contributed by atoms with Crippen LogP contribution < -0.4 is 15.8 Å². The molecule has 0 radical (unpaired) electrons. The Morgan fingerprint density at radius 2 is 2.18 bits per heavy atom. The molecular formula is C15H23N3O3S. The number of nitrogens with two attached hydrogens (primary N) is 1. The van der Waals surface area contributed by atoms with Gasteiger partial charge in [-0.25, -0.2) is 13.1 Å². The Morgan fingerprint density at radius 3 is 2.77 bits per heavy atom. The van der Waals surface area contributed by atoms with Gasteiger partial charge in [-0.1, -0.05) is 19.9 Å². The maximum absolute atomic E-state index is 12.2. The van der Waals surface area contributed by atoms with Crippen LogP contribution >= 0.6 is 0 Å². The van der Waals surface area contributed by atoms with Crippen molar-refractivity contribution in [2.75, 3.05) is 18.4 Å². The molecule has 2 rings (SSSR count). The molecule has 122 valence electrons. The third-order valence-electron chi connectivity index (χ3n) is 4.32. The van der Waals surface area contributed by atoms with E-state index in [2.05, 4.69) is 23.9 Å². The van der Waals surface area contributed by atoms with Crippen molar-refractivity contribution in [3.8, 4) is 0 Å². The molecule has 6 nitrogen and oxygen atoms in total. The number of carbonyl (C=O) groups excluding carboxylic acids is 1. The predicted octanol–water partition coefficient (Wildman–Crippen LogP) is 1.30. The normalized spacial score (nSPS) is 24.0. The average Bonchev–Trinajstić information content (AvgIpc) is 3.18. The van der Waals surface area contributed by atoms with E-state index in [1.807, 2.05) is 0 Å². The summed E-state index contributed by atoms with van der Waals surface area (Å²) in [6.07, 6.45) is 1.84. The lowest BCUT2D eigenvalue weighted by molar-refractivity contribution is -0.118. The van der Waals surface area contributed by atoms with Crippen molar-refractivity contribution in [2.24, 2.45) is 17.1 Å². The van der Waals surface area contributed by atoms with Gasteiger partial charge in [-0.05, 0) is 36.5 Å². The molecule has 7 heteroatoms. The van der Waals surface area contributed by atoms with Gasteiger partial charge in [0.15, 0.2) is 0 Å². The van der Waals surface area contributed by atoms with Gasteiger partial charge in [0, 0.05) is 24.7 Å². The van der Waals surface area contributed by atoms with Crippen LogP contribution in [0.25, 0.3) is 0 Å². The Balaban J connectivity index is 2.08. The molecule has 1 aliphatic rings. The third kappa shape index (κ3) is 3.66. The second-order valence-corrected chi connectivity index (χ2v) is 7.73. The summed E-state index contributed by atoms with van der Waals surface area (Å²) in [5.74, 6) is -0.0399. The third-order valence-corrected chi connectivity index (χ3v) is 5.78. The summed E-state index contributed by atoms with van der Waals surface area (Å²) < 4.78 is 26.5. The van der Waals surface area contributed by atoms with Crippen molar-refractivity contribution in [1.29, 1.82) is 0 Å². The largest absolute Gasteiger partial charge is 0.329 e. The quantitative estimate of drug-likeness (QED) is 0.703. The van der Waals surface area contributed by atoms with Gasteiger partial charge < -0.3 is 11.1 Å². The standard InChI is InChI=1S/C15H23N3O3S/c1-3-15(2)10-13(15)14(19)18-11-5-4-6-12(9-11)22(20,21)17-8-7-16/h4-6,9,13,17H,3,7-8,10,16H2,1-2H3,(H,18,19). The van der Waals surface area contributed by atoms with Crippen LogP contribution in [0.15, 0.2) is 29.2 Å². The molecule has 1 aromatic rings. The number of rotatable bonds is 7. The van der Waals surface area contributed by atoms with Gasteiger partial charge in [0.25, 0.3) is 0 Å². The second-order valence-electron chi connectivity index (χ2n) is 5.97. The monoisotopic (exact) mass is 325 g/mol. The highest BCUT2D eigenvalue weighted by atomic mass is 32.2. The fourth-order valence-electron chi connectivity index (χ4n) is 2.45. The molecule has 1 fully saturated rings. The highest BCUT2D eigenvalue weighted by molar-refractivity contribution is 7.89. The smallest absolute Gasteiger partial charge is 0.240 e. The number of hydrogen-bond donors (Lipinski definition) is 3. The van der Waals surface area contributed by atoms with Crippen molar-refractivity contribution in [3.05, 3.63) is 24.3 Å². The number of amides is 1.